The van der Waals surface area contributed by atoms with E-state index >= 15 is 0 Å². The molecule has 0 atom stereocenters. The maximum atomic E-state index is 5.89. The van der Waals surface area contributed by atoms with Crippen LogP contribution in [0.1, 0.15) is 23.2 Å². The number of fused-ring (bicyclic) bond motifs is 1. The topological polar surface area (TPSA) is 41.2 Å². The van der Waals surface area contributed by atoms with Crippen molar-refractivity contribution >= 4 is 0 Å². The van der Waals surface area contributed by atoms with Gasteiger partial charge in [0.15, 0.2) is 0 Å². The molecule has 4 rings (SSSR count). The highest BCUT2D eigenvalue weighted by Gasteiger charge is 2.20. The number of H-pyrrole nitrogens is 1. The number of aryl methyl sites for hydroxylation is 1. The molecule has 0 fully saturated rings. The van der Waals surface area contributed by atoms with Gasteiger partial charge in [-0.25, -0.2) is 0 Å². The van der Waals surface area contributed by atoms with Crippen LogP contribution in [-0.4, -0.2) is 35.3 Å². The van der Waals surface area contributed by atoms with Crippen LogP contribution in [0.25, 0.3) is 11.3 Å². The van der Waals surface area contributed by atoms with Crippen LogP contribution >= 0.6 is 0 Å². The Morgan fingerprint density at radius 2 is 1.88 bits per heavy atom. The zero-order chi connectivity index (χ0) is 17.8. The van der Waals surface area contributed by atoms with Gasteiger partial charge in [-0.05, 0) is 49.7 Å². The summed E-state index contributed by atoms with van der Waals surface area (Å²) < 4.78 is 5.89. The second-order valence-corrected chi connectivity index (χ2v) is 6.98. The number of ether oxygens (including phenoxy) is 1. The normalized spacial score (nSPS) is 14.2. The number of hydrogen-bond donors (Lipinski definition) is 1. The molecule has 0 aliphatic carbocycles. The van der Waals surface area contributed by atoms with E-state index < -0.39 is 0 Å². The van der Waals surface area contributed by atoms with Crippen LogP contribution in [0, 0.1) is 0 Å². The molecule has 1 aliphatic rings. The van der Waals surface area contributed by atoms with E-state index in [-0.39, 0.29) is 0 Å². The molecule has 0 unspecified atom stereocenters. The molecule has 4 nitrogen and oxygen atoms in total. The lowest BCUT2D eigenvalue weighted by molar-refractivity contribution is 0.311. The smallest absolute Gasteiger partial charge is 0.119 e. The number of hydrogen-bond acceptors (Lipinski definition) is 3. The van der Waals surface area contributed by atoms with Gasteiger partial charge in [0.1, 0.15) is 5.75 Å². The maximum Gasteiger partial charge on any atom is 0.119 e. The zero-order valence-electron chi connectivity index (χ0n) is 15.2. The Morgan fingerprint density at radius 1 is 1.08 bits per heavy atom. The number of rotatable bonds is 6. The lowest BCUT2D eigenvalue weighted by atomic mass is 10.0. The molecule has 0 saturated carbocycles. The predicted molar refractivity (Wildman–Crippen MR) is 104 cm³/mol. The van der Waals surface area contributed by atoms with E-state index in [4.69, 9.17) is 4.74 Å². The molecule has 26 heavy (non-hydrogen) atoms. The van der Waals surface area contributed by atoms with Crippen LogP contribution in [0.5, 0.6) is 5.75 Å². The van der Waals surface area contributed by atoms with Gasteiger partial charge in [-0.2, -0.15) is 5.10 Å². The summed E-state index contributed by atoms with van der Waals surface area (Å²) in [5.74, 6) is 0.920. The number of likely N-dealkylation sites (N-methyl/N-ethyl adjacent to an activating group) is 1. The molecule has 1 aromatic heterocycles. The van der Waals surface area contributed by atoms with Crippen molar-refractivity contribution in [1.82, 2.24) is 15.1 Å². The second-order valence-electron chi connectivity index (χ2n) is 6.98. The molecule has 0 spiro atoms. The highest BCUT2D eigenvalue weighted by molar-refractivity contribution is 5.65. The van der Waals surface area contributed by atoms with Gasteiger partial charge in [-0.15, -0.1) is 0 Å². The molecule has 4 heteroatoms. The van der Waals surface area contributed by atoms with Crippen LogP contribution in [0.3, 0.4) is 0 Å². The van der Waals surface area contributed by atoms with Gasteiger partial charge in [0, 0.05) is 36.3 Å². The minimum absolute atomic E-state index is 0.733. The molecule has 1 N–H and O–H groups in total. The van der Waals surface area contributed by atoms with E-state index in [0.717, 1.165) is 56.0 Å². The average Bonchev–Trinajstić information content (AvgIpc) is 3.09. The summed E-state index contributed by atoms with van der Waals surface area (Å²) in [6, 6.07) is 18.9. The fourth-order valence-electron chi connectivity index (χ4n) is 3.49. The SMILES string of the molecule is CN1CCc2[nH]nc(-c3ccc(OCCCc4ccccc4)cc3)c2C1. The van der Waals surface area contributed by atoms with Gasteiger partial charge in [-0.3, -0.25) is 5.10 Å². The van der Waals surface area contributed by atoms with E-state index in [2.05, 4.69) is 64.6 Å². The Labute approximate surface area is 154 Å². The predicted octanol–water partition coefficient (Wildman–Crippen LogP) is 4.08. The van der Waals surface area contributed by atoms with Gasteiger partial charge in [0.05, 0.1) is 12.3 Å². The summed E-state index contributed by atoms with van der Waals surface area (Å²) in [5, 5.41) is 7.76. The van der Waals surface area contributed by atoms with E-state index in [1.165, 1.54) is 16.8 Å². The fraction of sp³-hybridized carbons (Fsp3) is 0.318. The molecule has 3 aromatic rings. The van der Waals surface area contributed by atoms with Crippen LogP contribution < -0.4 is 4.74 Å². The lowest BCUT2D eigenvalue weighted by Crippen LogP contribution is -2.26. The third-order valence-corrected chi connectivity index (χ3v) is 4.97. The molecule has 0 radical (unpaired) electrons. The van der Waals surface area contributed by atoms with E-state index in [0.29, 0.717) is 0 Å². The highest BCUT2D eigenvalue weighted by atomic mass is 16.5. The van der Waals surface area contributed by atoms with Gasteiger partial charge in [-0.1, -0.05) is 30.3 Å². The van der Waals surface area contributed by atoms with Crippen molar-refractivity contribution in [3.8, 4) is 17.0 Å². The van der Waals surface area contributed by atoms with Crippen molar-refractivity contribution in [3.63, 3.8) is 0 Å². The van der Waals surface area contributed by atoms with Crippen LogP contribution in [0.2, 0.25) is 0 Å². The molecule has 2 aromatic carbocycles. The van der Waals surface area contributed by atoms with E-state index in [1.54, 1.807) is 0 Å². The minimum atomic E-state index is 0.733. The van der Waals surface area contributed by atoms with Crippen molar-refractivity contribution in [2.24, 2.45) is 0 Å². The summed E-state index contributed by atoms with van der Waals surface area (Å²) in [5.41, 5.74) is 6.19. The molecule has 2 heterocycles. The van der Waals surface area contributed by atoms with Crippen LogP contribution in [0.4, 0.5) is 0 Å². The largest absolute Gasteiger partial charge is 0.494 e. The molecule has 0 bridgehead atoms. The highest BCUT2D eigenvalue weighted by Crippen LogP contribution is 2.29. The summed E-state index contributed by atoms with van der Waals surface area (Å²) >= 11 is 0. The van der Waals surface area contributed by atoms with Crippen molar-refractivity contribution in [3.05, 3.63) is 71.4 Å². The molecular formula is C22H25N3O. The molecule has 0 amide bonds. The zero-order valence-corrected chi connectivity index (χ0v) is 15.2. The van der Waals surface area contributed by atoms with Gasteiger partial charge < -0.3 is 9.64 Å². The molecule has 1 aliphatic heterocycles. The van der Waals surface area contributed by atoms with Gasteiger partial charge in [0.2, 0.25) is 0 Å². The summed E-state index contributed by atoms with van der Waals surface area (Å²) in [6.45, 7) is 2.78. The quantitative estimate of drug-likeness (QED) is 0.683. The molecule has 134 valence electrons. The Hall–Kier alpha value is -2.59. The number of nitrogens with one attached hydrogen (secondary N) is 1. The number of aromatic amines is 1. The fourth-order valence-corrected chi connectivity index (χ4v) is 3.49. The van der Waals surface area contributed by atoms with Crippen molar-refractivity contribution in [2.75, 3.05) is 20.2 Å². The van der Waals surface area contributed by atoms with E-state index in [9.17, 15) is 0 Å². The standard InChI is InChI=1S/C22H25N3O/c1-25-14-13-21-20(16-25)22(24-23-21)18-9-11-19(12-10-18)26-15-5-8-17-6-3-2-4-7-17/h2-4,6-7,9-12H,5,8,13-16H2,1H3,(H,23,24). The number of benzene rings is 2. The van der Waals surface area contributed by atoms with Crippen LogP contribution in [0.15, 0.2) is 54.6 Å². The minimum Gasteiger partial charge on any atom is -0.494 e. The maximum absolute atomic E-state index is 5.89. The summed E-state index contributed by atoms with van der Waals surface area (Å²) in [7, 11) is 2.16. The summed E-state index contributed by atoms with van der Waals surface area (Å²) in [4.78, 5) is 2.34. The van der Waals surface area contributed by atoms with Crippen molar-refractivity contribution in [1.29, 1.82) is 0 Å². The first-order valence-corrected chi connectivity index (χ1v) is 9.31. The molecular weight excluding hydrogens is 322 g/mol. The Bertz CT molecular complexity index is 840. The monoisotopic (exact) mass is 347 g/mol. The Kier molecular flexibility index (Phi) is 5.02. The Balaban J connectivity index is 1.35. The van der Waals surface area contributed by atoms with E-state index in [1.807, 2.05) is 12.1 Å². The lowest BCUT2D eigenvalue weighted by Gasteiger charge is -2.22. The van der Waals surface area contributed by atoms with Crippen molar-refractivity contribution in [2.45, 2.75) is 25.8 Å². The summed E-state index contributed by atoms with van der Waals surface area (Å²) in [6.07, 6.45) is 3.11. The first kappa shape index (κ1) is 16.9. The third kappa shape index (κ3) is 3.81. The third-order valence-electron chi connectivity index (χ3n) is 4.97. The van der Waals surface area contributed by atoms with Gasteiger partial charge >= 0.3 is 0 Å². The molecule has 0 saturated heterocycles. The van der Waals surface area contributed by atoms with Crippen molar-refractivity contribution < 1.29 is 4.74 Å². The van der Waals surface area contributed by atoms with Gasteiger partial charge in [0.25, 0.3) is 0 Å². The number of aromatic nitrogens is 2. The number of nitrogens with zero attached hydrogens (tertiary/aromatic N) is 2. The van der Waals surface area contributed by atoms with Crippen LogP contribution in [-0.2, 0) is 19.4 Å². The average molecular weight is 347 g/mol. The first-order chi connectivity index (χ1) is 12.8. The first-order valence-electron chi connectivity index (χ1n) is 9.31. The Morgan fingerprint density at radius 3 is 2.69 bits per heavy atom. The second kappa shape index (κ2) is 7.75.